The minimum absolute atomic E-state index is 0.192. The van der Waals surface area contributed by atoms with Crippen LogP contribution >= 0.6 is 11.3 Å². The zero-order valence-electron chi connectivity index (χ0n) is 11.4. The van der Waals surface area contributed by atoms with Gasteiger partial charge in [-0.25, -0.2) is 0 Å². The molecule has 0 spiro atoms. The van der Waals surface area contributed by atoms with Gasteiger partial charge in [-0.1, -0.05) is 0 Å². The summed E-state index contributed by atoms with van der Waals surface area (Å²) < 4.78 is 0. The summed E-state index contributed by atoms with van der Waals surface area (Å²) in [6.45, 7) is 1.67. The lowest BCUT2D eigenvalue weighted by Crippen LogP contribution is -2.53. The Morgan fingerprint density at radius 2 is 2.14 bits per heavy atom. The van der Waals surface area contributed by atoms with Gasteiger partial charge in [0, 0.05) is 11.3 Å². The van der Waals surface area contributed by atoms with Crippen LogP contribution in [-0.4, -0.2) is 36.2 Å². The van der Waals surface area contributed by atoms with Crippen molar-refractivity contribution in [1.29, 1.82) is 0 Å². The van der Waals surface area contributed by atoms with Gasteiger partial charge in [0.2, 0.25) is 17.7 Å². The number of hydrogen-bond donors (Lipinski definition) is 3. The van der Waals surface area contributed by atoms with Gasteiger partial charge in [0.25, 0.3) is 5.91 Å². The molecule has 8 heteroatoms. The van der Waals surface area contributed by atoms with E-state index in [1.165, 1.54) is 11.3 Å². The number of nitrogens with one attached hydrogen (secondary N) is 3. The van der Waals surface area contributed by atoms with Crippen LogP contribution in [0.2, 0.25) is 0 Å². The molecule has 21 heavy (non-hydrogen) atoms. The maximum Gasteiger partial charge on any atom is 0.261 e. The number of amides is 4. The molecule has 1 saturated heterocycles. The lowest BCUT2D eigenvalue weighted by molar-refractivity contribution is -0.137. The third-order valence-electron chi connectivity index (χ3n) is 2.95. The van der Waals surface area contributed by atoms with E-state index in [0.29, 0.717) is 4.88 Å². The van der Waals surface area contributed by atoms with Crippen LogP contribution in [0.5, 0.6) is 0 Å². The smallest absolute Gasteiger partial charge is 0.261 e. The number of rotatable bonds is 4. The third kappa shape index (κ3) is 4.12. The molecule has 1 atom stereocenters. The molecule has 0 saturated carbocycles. The molecular formula is C13H15N3O4S. The second-order valence-electron chi connectivity index (χ2n) is 4.66. The molecule has 1 aliphatic heterocycles. The van der Waals surface area contributed by atoms with Crippen molar-refractivity contribution in [2.75, 3.05) is 6.54 Å². The molecule has 112 valence electrons. The molecule has 2 rings (SSSR count). The Morgan fingerprint density at radius 3 is 2.76 bits per heavy atom. The molecule has 3 N–H and O–H groups in total. The molecule has 0 radical (unpaired) electrons. The minimum atomic E-state index is -0.726. The maximum absolute atomic E-state index is 11.8. The Labute approximate surface area is 125 Å². The highest BCUT2D eigenvalue weighted by Gasteiger charge is 2.27. The van der Waals surface area contributed by atoms with Gasteiger partial charge in [0.1, 0.15) is 6.04 Å². The fraction of sp³-hybridized carbons (Fsp3) is 0.385. The van der Waals surface area contributed by atoms with Crippen molar-refractivity contribution in [3.63, 3.8) is 0 Å². The summed E-state index contributed by atoms with van der Waals surface area (Å²) in [5.41, 5.74) is 0. The average molecular weight is 309 g/mol. The zero-order valence-corrected chi connectivity index (χ0v) is 12.2. The van der Waals surface area contributed by atoms with Crippen molar-refractivity contribution in [2.24, 2.45) is 0 Å². The summed E-state index contributed by atoms with van der Waals surface area (Å²) in [6, 6.07) is 2.78. The highest BCUT2D eigenvalue weighted by atomic mass is 32.1. The summed E-state index contributed by atoms with van der Waals surface area (Å²) in [7, 11) is 0. The van der Waals surface area contributed by atoms with Crippen molar-refractivity contribution in [1.82, 2.24) is 16.0 Å². The van der Waals surface area contributed by atoms with Crippen LogP contribution in [0.1, 0.15) is 27.4 Å². The molecule has 1 fully saturated rings. The van der Waals surface area contributed by atoms with Crippen LogP contribution in [0.25, 0.3) is 0 Å². The number of carbonyl (C=O) groups excluding carboxylic acids is 4. The molecular weight excluding hydrogens is 294 g/mol. The van der Waals surface area contributed by atoms with E-state index in [4.69, 9.17) is 0 Å². The van der Waals surface area contributed by atoms with Crippen LogP contribution in [0.3, 0.4) is 0 Å². The number of hydrogen-bond acceptors (Lipinski definition) is 5. The second-order valence-corrected chi connectivity index (χ2v) is 5.95. The molecule has 0 aromatic carbocycles. The molecule has 0 bridgehead atoms. The van der Waals surface area contributed by atoms with Gasteiger partial charge in [-0.2, -0.15) is 0 Å². The molecule has 4 amide bonds. The molecule has 1 aliphatic rings. The first kappa shape index (κ1) is 15.2. The van der Waals surface area contributed by atoms with E-state index in [-0.39, 0.29) is 31.2 Å². The normalized spacial score (nSPS) is 18.0. The van der Waals surface area contributed by atoms with Crippen LogP contribution < -0.4 is 16.0 Å². The number of aryl methyl sites for hydroxylation is 1. The lowest BCUT2D eigenvalue weighted by Gasteiger charge is -2.21. The van der Waals surface area contributed by atoms with Gasteiger partial charge in [-0.05, 0) is 25.5 Å². The Morgan fingerprint density at radius 1 is 1.38 bits per heavy atom. The minimum Gasteiger partial charge on any atom is -0.343 e. The Balaban J connectivity index is 1.78. The van der Waals surface area contributed by atoms with E-state index >= 15 is 0 Å². The first-order valence-electron chi connectivity index (χ1n) is 6.43. The molecule has 7 nitrogen and oxygen atoms in total. The van der Waals surface area contributed by atoms with Gasteiger partial charge in [-0.15, -0.1) is 11.3 Å². The number of thiophene rings is 1. The van der Waals surface area contributed by atoms with Crippen LogP contribution in [0.15, 0.2) is 12.1 Å². The van der Waals surface area contributed by atoms with Crippen molar-refractivity contribution in [3.8, 4) is 0 Å². The summed E-state index contributed by atoms with van der Waals surface area (Å²) >= 11 is 1.34. The van der Waals surface area contributed by atoms with Crippen LogP contribution in [0, 0.1) is 6.92 Å². The predicted octanol–water partition coefficient (Wildman–Crippen LogP) is -0.292. The molecule has 1 unspecified atom stereocenters. The SMILES string of the molecule is Cc1ccc(C(=O)NCC(=O)NC2CCC(=O)NC2=O)s1. The van der Waals surface area contributed by atoms with Gasteiger partial charge in [-0.3, -0.25) is 24.5 Å². The van der Waals surface area contributed by atoms with E-state index in [0.717, 1.165) is 4.88 Å². The van der Waals surface area contributed by atoms with Gasteiger partial charge in [0.05, 0.1) is 11.4 Å². The van der Waals surface area contributed by atoms with Crippen molar-refractivity contribution >= 4 is 35.0 Å². The zero-order chi connectivity index (χ0) is 15.4. The summed E-state index contributed by atoms with van der Waals surface area (Å²) in [5, 5.41) is 7.12. The van der Waals surface area contributed by atoms with Gasteiger partial charge >= 0.3 is 0 Å². The van der Waals surface area contributed by atoms with Crippen molar-refractivity contribution < 1.29 is 19.2 Å². The average Bonchev–Trinajstić information content (AvgIpc) is 2.86. The molecule has 1 aromatic rings. The van der Waals surface area contributed by atoms with Gasteiger partial charge < -0.3 is 10.6 Å². The first-order valence-corrected chi connectivity index (χ1v) is 7.25. The number of imide groups is 1. The quantitative estimate of drug-likeness (QED) is 0.665. The van der Waals surface area contributed by atoms with Crippen molar-refractivity contribution in [2.45, 2.75) is 25.8 Å². The number of piperidine rings is 1. The maximum atomic E-state index is 11.8. The fourth-order valence-electron chi connectivity index (χ4n) is 1.88. The largest absolute Gasteiger partial charge is 0.343 e. The Hall–Kier alpha value is -2.22. The number of carbonyl (C=O) groups is 4. The standard InChI is InChI=1S/C13H15N3O4S/c1-7-2-4-9(21-7)13(20)14-6-11(18)15-8-3-5-10(17)16-12(8)19/h2,4,8H,3,5-6H2,1H3,(H,14,20)(H,15,18)(H,16,17,19). The van der Waals surface area contributed by atoms with Crippen molar-refractivity contribution in [3.05, 3.63) is 21.9 Å². The predicted molar refractivity (Wildman–Crippen MR) is 75.7 cm³/mol. The second kappa shape index (κ2) is 6.49. The van der Waals surface area contributed by atoms with E-state index in [1.54, 1.807) is 6.07 Å². The van der Waals surface area contributed by atoms with Crippen LogP contribution in [-0.2, 0) is 14.4 Å². The van der Waals surface area contributed by atoms with E-state index in [1.807, 2.05) is 13.0 Å². The molecule has 0 aliphatic carbocycles. The highest BCUT2D eigenvalue weighted by Crippen LogP contribution is 2.14. The monoisotopic (exact) mass is 309 g/mol. The topological polar surface area (TPSA) is 104 Å². The first-order chi connectivity index (χ1) is 9.95. The highest BCUT2D eigenvalue weighted by molar-refractivity contribution is 7.13. The van der Waals surface area contributed by atoms with E-state index in [2.05, 4.69) is 16.0 Å². The lowest BCUT2D eigenvalue weighted by atomic mass is 10.1. The van der Waals surface area contributed by atoms with E-state index in [9.17, 15) is 19.2 Å². The summed E-state index contributed by atoms with van der Waals surface area (Å²) in [6.07, 6.45) is 0.464. The molecule has 1 aromatic heterocycles. The van der Waals surface area contributed by atoms with E-state index < -0.39 is 17.9 Å². The Bertz CT molecular complexity index is 596. The van der Waals surface area contributed by atoms with Gasteiger partial charge in [0.15, 0.2) is 0 Å². The Kier molecular flexibility index (Phi) is 4.69. The molecule has 2 heterocycles. The summed E-state index contributed by atoms with van der Waals surface area (Å²) in [4.78, 5) is 47.4. The summed E-state index contributed by atoms with van der Waals surface area (Å²) in [5.74, 6) is -1.65. The third-order valence-corrected chi connectivity index (χ3v) is 3.95. The van der Waals surface area contributed by atoms with Crippen LogP contribution in [0.4, 0.5) is 0 Å². The fourth-order valence-corrected chi connectivity index (χ4v) is 2.66.